The third kappa shape index (κ3) is 3.78. The summed E-state index contributed by atoms with van der Waals surface area (Å²) in [6.07, 6.45) is 5.79. The van der Waals surface area contributed by atoms with Gasteiger partial charge in [-0.3, -0.25) is 4.79 Å². The zero-order chi connectivity index (χ0) is 14.7. The number of hydrogen-bond acceptors (Lipinski definition) is 2. The Hall–Kier alpha value is -1.06. The van der Waals surface area contributed by atoms with Crippen LogP contribution in [0.1, 0.15) is 43.6 Å². The van der Waals surface area contributed by atoms with E-state index in [0.717, 1.165) is 43.8 Å². The van der Waals surface area contributed by atoms with Gasteiger partial charge in [0.25, 0.3) is 0 Å². The Morgan fingerprint density at radius 1 is 1.24 bits per heavy atom. The molecule has 0 unspecified atom stereocenters. The number of halogens is 1. The minimum Gasteiger partial charge on any atom is -0.342 e. The van der Waals surface area contributed by atoms with Crippen LogP contribution in [-0.4, -0.2) is 36.5 Å². The van der Waals surface area contributed by atoms with E-state index in [0.29, 0.717) is 18.5 Å². The average Bonchev–Trinajstić information content (AvgIpc) is 2.46. The van der Waals surface area contributed by atoms with Crippen LogP contribution in [0.5, 0.6) is 0 Å². The highest BCUT2D eigenvalue weighted by molar-refractivity contribution is 6.30. The largest absolute Gasteiger partial charge is 0.342 e. The van der Waals surface area contributed by atoms with Gasteiger partial charge in [-0.1, -0.05) is 23.7 Å². The Bertz CT molecular complexity index is 493. The van der Waals surface area contributed by atoms with Gasteiger partial charge in [0.1, 0.15) is 0 Å². The summed E-state index contributed by atoms with van der Waals surface area (Å²) in [6, 6.07) is 8.60. The number of nitrogens with one attached hydrogen (secondary N) is 1. The normalized spacial score (nSPS) is 25.5. The van der Waals surface area contributed by atoms with E-state index < -0.39 is 0 Å². The number of amides is 1. The van der Waals surface area contributed by atoms with E-state index in [1.807, 2.05) is 17.0 Å². The van der Waals surface area contributed by atoms with Gasteiger partial charge in [-0.05, 0) is 55.7 Å². The number of nitrogens with zero attached hydrogens (tertiary/aromatic N) is 1. The number of carbonyl (C=O) groups excluding carboxylic acids is 1. The molecular formula is C17H23ClN2O. The number of benzene rings is 1. The highest BCUT2D eigenvalue weighted by atomic mass is 35.5. The van der Waals surface area contributed by atoms with Crippen LogP contribution in [0.25, 0.3) is 0 Å². The molecule has 1 aliphatic carbocycles. The fraction of sp³-hybridized carbons (Fsp3) is 0.588. The van der Waals surface area contributed by atoms with E-state index in [-0.39, 0.29) is 5.91 Å². The standard InChI is InChI=1S/C17H23ClN2O/c18-15-6-4-5-13(9-15)14-10-16(11-14)19-12-17(21)20-7-2-1-3-8-20/h4-6,9,14,16,19H,1-3,7-8,10-12H2. The first-order chi connectivity index (χ1) is 10.2. The molecule has 1 amide bonds. The smallest absolute Gasteiger partial charge is 0.236 e. The third-order valence-corrected chi connectivity index (χ3v) is 4.94. The van der Waals surface area contributed by atoms with E-state index in [1.165, 1.54) is 12.0 Å². The van der Waals surface area contributed by atoms with Crippen molar-refractivity contribution in [3.63, 3.8) is 0 Å². The van der Waals surface area contributed by atoms with E-state index in [2.05, 4.69) is 17.4 Å². The molecule has 21 heavy (non-hydrogen) atoms. The lowest BCUT2D eigenvalue weighted by Crippen LogP contribution is -2.47. The van der Waals surface area contributed by atoms with Gasteiger partial charge >= 0.3 is 0 Å². The molecule has 4 heteroatoms. The first kappa shape index (κ1) is 14.9. The predicted octanol–water partition coefficient (Wildman–Crippen LogP) is 3.19. The average molecular weight is 307 g/mol. The maximum Gasteiger partial charge on any atom is 0.236 e. The van der Waals surface area contributed by atoms with Crippen molar-refractivity contribution >= 4 is 17.5 Å². The second-order valence-corrected chi connectivity index (χ2v) is 6.68. The third-order valence-electron chi connectivity index (χ3n) is 4.71. The van der Waals surface area contributed by atoms with Crippen molar-refractivity contribution < 1.29 is 4.79 Å². The summed E-state index contributed by atoms with van der Waals surface area (Å²) in [6.45, 7) is 2.37. The summed E-state index contributed by atoms with van der Waals surface area (Å²) < 4.78 is 0. The Kier molecular flexibility index (Phi) is 4.81. The van der Waals surface area contributed by atoms with Crippen LogP contribution >= 0.6 is 11.6 Å². The topological polar surface area (TPSA) is 32.3 Å². The van der Waals surface area contributed by atoms with Crippen molar-refractivity contribution in [2.24, 2.45) is 0 Å². The Balaban J connectivity index is 1.40. The lowest BCUT2D eigenvalue weighted by atomic mass is 9.76. The summed E-state index contributed by atoms with van der Waals surface area (Å²) in [5.74, 6) is 0.854. The van der Waals surface area contributed by atoms with Gasteiger partial charge in [-0.2, -0.15) is 0 Å². The van der Waals surface area contributed by atoms with E-state index in [4.69, 9.17) is 11.6 Å². The van der Waals surface area contributed by atoms with Gasteiger partial charge in [0.2, 0.25) is 5.91 Å². The highest BCUT2D eigenvalue weighted by Crippen LogP contribution is 2.37. The molecule has 3 nitrogen and oxygen atoms in total. The maximum atomic E-state index is 12.1. The van der Waals surface area contributed by atoms with Gasteiger partial charge < -0.3 is 10.2 Å². The van der Waals surface area contributed by atoms with E-state index >= 15 is 0 Å². The van der Waals surface area contributed by atoms with Crippen LogP contribution in [0.2, 0.25) is 5.02 Å². The molecular weight excluding hydrogens is 284 g/mol. The van der Waals surface area contributed by atoms with Crippen LogP contribution in [0.15, 0.2) is 24.3 Å². The molecule has 0 radical (unpaired) electrons. The first-order valence-corrected chi connectivity index (χ1v) is 8.37. The first-order valence-electron chi connectivity index (χ1n) is 7.99. The zero-order valence-corrected chi connectivity index (χ0v) is 13.1. The zero-order valence-electron chi connectivity index (χ0n) is 12.4. The fourth-order valence-corrected chi connectivity index (χ4v) is 3.50. The summed E-state index contributed by atoms with van der Waals surface area (Å²) in [7, 11) is 0. The number of carbonyl (C=O) groups is 1. The van der Waals surface area contributed by atoms with Crippen molar-refractivity contribution in [2.45, 2.75) is 44.1 Å². The summed E-state index contributed by atoms with van der Waals surface area (Å²) in [5, 5.41) is 4.22. The predicted molar refractivity (Wildman–Crippen MR) is 85.6 cm³/mol. The van der Waals surface area contributed by atoms with Gasteiger partial charge in [0.05, 0.1) is 6.54 Å². The summed E-state index contributed by atoms with van der Waals surface area (Å²) in [4.78, 5) is 14.1. The van der Waals surface area contributed by atoms with Crippen LogP contribution in [0.4, 0.5) is 0 Å². The molecule has 0 aromatic heterocycles. The molecule has 2 aliphatic rings. The van der Waals surface area contributed by atoms with Gasteiger partial charge in [0, 0.05) is 24.2 Å². The SMILES string of the molecule is O=C(CNC1CC(c2cccc(Cl)c2)C1)N1CCCCC1. The van der Waals surface area contributed by atoms with Gasteiger partial charge in [-0.25, -0.2) is 0 Å². The fourth-order valence-electron chi connectivity index (χ4n) is 3.30. The van der Waals surface area contributed by atoms with Crippen LogP contribution in [0, 0.1) is 0 Å². The minimum atomic E-state index is 0.265. The quantitative estimate of drug-likeness (QED) is 0.926. The molecule has 1 saturated heterocycles. The van der Waals surface area contributed by atoms with E-state index in [1.54, 1.807) is 0 Å². The molecule has 1 heterocycles. The van der Waals surface area contributed by atoms with Gasteiger partial charge in [0.15, 0.2) is 0 Å². The second kappa shape index (κ2) is 6.80. The molecule has 1 aromatic rings. The van der Waals surface area contributed by atoms with Crippen molar-refractivity contribution in [2.75, 3.05) is 19.6 Å². The minimum absolute atomic E-state index is 0.265. The Morgan fingerprint density at radius 2 is 2.00 bits per heavy atom. The molecule has 0 bridgehead atoms. The molecule has 0 spiro atoms. The molecule has 3 rings (SSSR count). The molecule has 0 atom stereocenters. The van der Waals surface area contributed by atoms with Crippen molar-refractivity contribution in [1.82, 2.24) is 10.2 Å². The van der Waals surface area contributed by atoms with E-state index in [9.17, 15) is 4.79 Å². The Labute approximate surface area is 131 Å². The number of rotatable bonds is 4. The lowest BCUT2D eigenvalue weighted by Gasteiger charge is -2.37. The van der Waals surface area contributed by atoms with Crippen molar-refractivity contribution in [3.05, 3.63) is 34.9 Å². The van der Waals surface area contributed by atoms with Gasteiger partial charge in [-0.15, -0.1) is 0 Å². The summed E-state index contributed by atoms with van der Waals surface area (Å²) >= 11 is 6.03. The van der Waals surface area contributed by atoms with Crippen LogP contribution < -0.4 is 5.32 Å². The second-order valence-electron chi connectivity index (χ2n) is 6.24. The molecule has 1 N–H and O–H groups in total. The highest BCUT2D eigenvalue weighted by Gasteiger charge is 2.30. The summed E-state index contributed by atoms with van der Waals surface area (Å²) in [5.41, 5.74) is 1.32. The maximum absolute atomic E-state index is 12.1. The number of hydrogen-bond donors (Lipinski definition) is 1. The molecule has 1 saturated carbocycles. The molecule has 1 aromatic carbocycles. The van der Waals surface area contributed by atoms with Crippen LogP contribution in [-0.2, 0) is 4.79 Å². The number of piperidine rings is 1. The monoisotopic (exact) mass is 306 g/mol. The van der Waals surface area contributed by atoms with Crippen LogP contribution in [0.3, 0.4) is 0 Å². The molecule has 1 aliphatic heterocycles. The Morgan fingerprint density at radius 3 is 2.71 bits per heavy atom. The molecule has 114 valence electrons. The lowest BCUT2D eigenvalue weighted by molar-refractivity contribution is -0.131. The van der Waals surface area contributed by atoms with Crippen molar-refractivity contribution in [3.8, 4) is 0 Å². The number of likely N-dealkylation sites (tertiary alicyclic amines) is 1. The van der Waals surface area contributed by atoms with Crippen molar-refractivity contribution in [1.29, 1.82) is 0 Å². The molecule has 2 fully saturated rings.